The van der Waals surface area contributed by atoms with Crippen LogP contribution >= 0.6 is 0 Å². The van der Waals surface area contributed by atoms with Gasteiger partial charge in [-0.05, 0) is 34.6 Å². The Morgan fingerprint density at radius 1 is 0.407 bits per heavy atom. The van der Waals surface area contributed by atoms with E-state index in [0.717, 1.165) is 6.42 Å². The molecule has 0 aliphatic rings. The van der Waals surface area contributed by atoms with E-state index in [9.17, 15) is 0 Å². The van der Waals surface area contributed by atoms with Gasteiger partial charge in [-0.3, -0.25) is 0 Å². The van der Waals surface area contributed by atoms with Crippen LogP contribution in [0.25, 0.3) is 0 Å². The van der Waals surface area contributed by atoms with Crippen molar-refractivity contribution in [3.8, 4) is 0 Å². The van der Waals surface area contributed by atoms with Gasteiger partial charge in [0.2, 0.25) is 0 Å². The summed E-state index contributed by atoms with van der Waals surface area (Å²) in [5.74, 6) is 0.688. The molecule has 132 valence electrons. The fourth-order valence-corrected chi connectivity index (χ4v) is 3.97. The Hall–Kier alpha value is -3.12. The molecule has 0 N–H and O–H groups in total. The summed E-state index contributed by atoms with van der Waals surface area (Å²) in [5, 5.41) is 0. The molecule has 0 fully saturated rings. The lowest BCUT2D eigenvalue weighted by Crippen LogP contribution is -2.15. The summed E-state index contributed by atoms with van der Waals surface area (Å²) in [6, 6.07) is 43.6. The van der Waals surface area contributed by atoms with E-state index in [2.05, 4.69) is 121 Å². The molecule has 0 aliphatic carbocycles. The predicted octanol–water partition coefficient (Wildman–Crippen LogP) is 6.85. The number of hydrogen-bond acceptors (Lipinski definition) is 0. The van der Waals surface area contributed by atoms with E-state index < -0.39 is 0 Å². The highest BCUT2D eigenvalue weighted by molar-refractivity contribution is 5.39. The molecule has 0 heterocycles. The molecule has 27 heavy (non-hydrogen) atoms. The zero-order valence-electron chi connectivity index (χ0n) is 15.4. The summed E-state index contributed by atoms with van der Waals surface area (Å²) < 4.78 is 0. The lowest BCUT2D eigenvalue weighted by molar-refractivity contribution is 0.600. The highest BCUT2D eigenvalue weighted by Crippen LogP contribution is 2.40. The Kier molecular flexibility index (Phi) is 5.45. The van der Waals surface area contributed by atoms with Gasteiger partial charge in [0, 0.05) is 5.92 Å². The van der Waals surface area contributed by atoms with Crippen molar-refractivity contribution in [2.75, 3.05) is 0 Å². The first-order valence-corrected chi connectivity index (χ1v) is 9.60. The molecule has 1 atom stereocenters. The molecule has 0 aromatic heterocycles. The summed E-state index contributed by atoms with van der Waals surface area (Å²) in [5.41, 5.74) is 5.50. The largest absolute Gasteiger partial charge is 0.0622 e. The fraction of sp³-hybridized carbons (Fsp3) is 0.111. The van der Waals surface area contributed by atoms with Gasteiger partial charge < -0.3 is 0 Å². The minimum atomic E-state index is 0.315. The molecule has 0 spiro atoms. The monoisotopic (exact) mass is 348 g/mol. The van der Waals surface area contributed by atoms with E-state index in [1.807, 2.05) is 0 Å². The maximum absolute atomic E-state index is 2.27. The third kappa shape index (κ3) is 4.17. The van der Waals surface area contributed by atoms with Crippen LogP contribution in [0.2, 0.25) is 0 Å². The summed E-state index contributed by atoms with van der Waals surface area (Å²) in [6.45, 7) is 0. The van der Waals surface area contributed by atoms with Gasteiger partial charge in [0.25, 0.3) is 0 Å². The van der Waals surface area contributed by atoms with E-state index in [1.165, 1.54) is 22.3 Å². The molecular formula is C27H24. The molecule has 0 aliphatic heterocycles. The lowest BCUT2D eigenvalue weighted by Gasteiger charge is -2.29. The number of rotatable bonds is 6. The fourth-order valence-electron chi connectivity index (χ4n) is 3.97. The molecule has 0 saturated heterocycles. The maximum Gasteiger partial charge on any atom is 0.0161 e. The average Bonchev–Trinajstić information content (AvgIpc) is 2.76. The zero-order chi connectivity index (χ0) is 18.3. The standard InChI is InChI=1S/C27H24/c1-5-13-22(14-6-1)21-26(23-15-7-2-8-16-23)27(24-17-9-3-10-18-24)25-19-11-4-12-20-25/h1-20,26-27H,21H2. The first-order chi connectivity index (χ1) is 13.4. The first kappa shape index (κ1) is 17.3. The van der Waals surface area contributed by atoms with Crippen LogP contribution in [0.15, 0.2) is 121 Å². The van der Waals surface area contributed by atoms with Crippen molar-refractivity contribution in [2.24, 2.45) is 0 Å². The van der Waals surface area contributed by atoms with Crippen LogP contribution in [0.5, 0.6) is 0 Å². The van der Waals surface area contributed by atoms with Crippen LogP contribution in [-0.4, -0.2) is 0 Å². The predicted molar refractivity (Wildman–Crippen MR) is 114 cm³/mol. The molecule has 0 saturated carbocycles. The van der Waals surface area contributed by atoms with Crippen molar-refractivity contribution in [3.05, 3.63) is 144 Å². The van der Waals surface area contributed by atoms with E-state index >= 15 is 0 Å². The van der Waals surface area contributed by atoms with E-state index in [4.69, 9.17) is 0 Å². The van der Waals surface area contributed by atoms with Crippen LogP contribution in [0.4, 0.5) is 0 Å². The minimum Gasteiger partial charge on any atom is -0.0622 e. The Labute approximate surface area is 162 Å². The van der Waals surface area contributed by atoms with Crippen LogP contribution in [0.1, 0.15) is 34.1 Å². The van der Waals surface area contributed by atoms with Crippen molar-refractivity contribution in [3.63, 3.8) is 0 Å². The Bertz CT molecular complexity index is 889. The number of hydrogen-bond donors (Lipinski definition) is 0. The number of benzene rings is 4. The van der Waals surface area contributed by atoms with Gasteiger partial charge >= 0.3 is 0 Å². The van der Waals surface area contributed by atoms with E-state index in [1.54, 1.807) is 0 Å². The van der Waals surface area contributed by atoms with Crippen LogP contribution in [0, 0.1) is 0 Å². The van der Waals surface area contributed by atoms with Gasteiger partial charge in [-0.2, -0.15) is 0 Å². The SMILES string of the molecule is c1ccc(CC(c2ccccc2)C(c2ccccc2)c2ccccc2)cc1. The molecule has 4 aromatic carbocycles. The first-order valence-electron chi connectivity index (χ1n) is 9.60. The highest BCUT2D eigenvalue weighted by atomic mass is 14.3. The highest BCUT2D eigenvalue weighted by Gasteiger charge is 2.26. The van der Waals surface area contributed by atoms with Crippen LogP contribution < -0.4 is 0 Å². The van der Waals surface area contributed by atoms with Crippen molar-refractivity contribution >= 4 is 0 Å². The quantitative estimate of drug-likeness (QED) is 0.357. The second kappa shape index (κ2) is 8.51. The molecular weight excluding hydrogens is 324 g/mol. The van der Waals surface area contributed by atoms with Crippen molar-refractivity contribution in [2.45, 2.75) is 18.3 Å². The second-order valence-corrected chi connectivity index (χ2v) is 7.01. The molecule has 0 heteroatoms. The van der Waals surface area contributed by atoms with Gasteiger partial charge in [-0.25, -0.2) is 0 Å². The Balaban J connectivity index is 1.83. The summed E-state index contributed by atoms with van der Waals surface area (Å²) in [6.07, 6.45) is 1.01. The lowest BCUT2D eigenvalue weighted by atomic mass is 9.74. The van der Waals surface area contributed by atoms with E-state index in [-0.39, 0.29) is 0 Å². The maximum atomic E-state index is 2.27. The molecule has 0 nitrogen and oxygen atoms in total. The Morgan fingerprint density at radius 3 is 1.22 bits per heavy atom. The molecule has 4 aromatic rings. The molecule has 1 unspecified atom stereocenters. The second-order valence-electron chi connectivity index (χ2n) is 7.01. The topological polar surface area (TPSA) is 0 Å². The summed E-state index contributed by atoms with van der Waals surface area (Å²) in [7, 11) is 0. The normalized spacial score (nSPS) is 12.0. The minimum absolute atomic E-state index is 0.315. The smallest absolute Gasteiger partial charge is 0.0161 e. The molecule has 0 bridgehead atoms. The van der Waals surface area contributed by atoms with Crippen molar-refractivity contribution in [1.82, 2.24) is 0 Å². The summed E-state index contributed by atoms with van der Waals surface area (Å²) >= 11 is 0. The van der Waals surface area contributed by atoms with E-state index in [0.29, 0.717) is 11.8 Å². The van der Waals surface area contributed by atoms with Gasteiger partial charge in [-0.15, -0.1) is 0 Å². The Morgan fingerprint density at radius 2 is 0.778 bits per heavy atom. The third-order valence-electron chi connectivity index (χ3n) is 5.25. The average molecular weight is 348 g/mol. The van der Waals surface area contributed by atoms with Crippen molar-refractivity contribution < 1.29 is 0 Å². The van der Waals surface area contributed by atoms with Gasteiger partial charge in [-0.1, -0.05) is 121 Å². The van der Waals surface area contributed by atoms with Gasteiger partial charge in [0.15, 0.2) is 0 Å². The van der Waals surface area contributed by atoms with Crippen LogP contribution in [0.3, 0.4) is 0 Å². The molecule has 0 amide bonds. The zero-order valence-corrected chi connectivity index (χ0v) is 15.4. The molecule has 4 rings (SSSR count). The van der Waals surface area contributed by atoms with Gasteiger partial charge in [0.05, 0.1) is 0 Å². The van der Waals surface area contributed by atoms with Crippen molar-refractivity contribution in [1.29, 1.82) is 0 Å². The summed E-state index contributed by atoms with van der Waals surface area (Å²) in [4.78, 5) is 0. The molecule has 0 radical (unpaired) electrons. The van der Waals surface area contributed by atoms with Crippen LogP contribution in [-0.2, 0) is 6.42 Å². The third-order valence-corrected chi connectivity index (χ3v) is 5.25. The van der Waals surface area contributed by atoms with Gasteiger partial charge in [0.1, 0.15) is 0 Å².